The van der Waals surface area contributed by atoms with Crippen LogP contribution in [-0.2, 0) is 22.1 Å². The number of rotatable bonds is 5. The van der Waals surface area contributed by atoms with Crippen molar-refractivity contribution >= 4 is 33.5 Å². The van der Waals surface area contributed by atoms with E-state index in [9.17, 15) is 22.8 Å². The van der Waals surface area contributed by atoms with Crippen LogP contribution in [0, 0.1) is 0 Å². The molecule has 0 radical (unpaired) electrons. The van der Waals surface area contributed by atoms with Crippen LogP contribution in [0.2, 0.25) is 0 Å². The summed E-state index contributed by atoms with van der Waals surface area (Å²) < 4.78 is 49.4. The van der Waals surface area contributed by atoms with Crippen LogP contribution < -0.4 is 10.1 Å². The standard InChI is InChI=1S/C18H15BrF3NO4/c1-26-12-5-3-10(14(9-12)18(20,21)22)7-16(24)23-11-4-6-13(15(19)8-11)17(25)27-2/h3-6,8-9H,7H2,1-2H3,(H,23,24). The van der Waals surface area contributed by atoms with Gasteiger partial charge in [-0.3, -0.25) is 4.79 Å². The number of alkyl halides is 3. The summed E-state index contributed by atoms with van der Waals surface area (Å²) in [5.74, 6) is -1.15. The van der Waals surface area contributed by atoms with Crippen molar-refractivity contribution in [1.82, 2.24) is 0 Å². The minimum absolute atomic E-state index is 0.0498. The summed E-state index contributed by atoms with van der Waals surface area (Å²) >= 11 is 3.18. The molecule has 0 saturated carbocycles. The molecule has 0 aliphatic rings. The predicted octanol–water partition coefficient (Wildman–Crippen LogP) is 4.44. The van der Waals surface area contributed by atoms with E-state index < -0.39 is 30.0 Å². The van der Waals surface area contributed by atoms with Crippen LogP contribution in [0.4, 0.5) is 18.9 Å². The Morgan fingerprint density at radius 1 is 1.11 bits per heavy atom. The van der Waals surface area contributed by atoms with Crippen molar-refractivity contribution in [2.75, 3.05) is 19.5 Å². The van der Waals surface area contributed by atoms with Crippen LogP contribution in [0.5, 0.6) is 5.75 Å². The van der Waals surface area contributed by atoms with Gasteiger partial charge >= 0.3 is 12.1 Å². The van der Waals surface area contributed by atoms with E-state index in [0.29, 0.717) is 10.2 Å². The van der Waals surface area contributed by atoms with Crippen molar-refractivity contribution < 1.29 is 32.2 Å². The molecule has 0 bridgehead atoms. The molecule has 0 fully saturated rings. The molecule has 0 unspecified atom stereocenters. The lowest BCUT2D eigenvalue weighted by Gasteiger charge is -2.14. The van der Waals surface area contributed by atoms with E-state index in [2.05, 4.69) is 26.0 Å². The minimum Gasteiger partial charge on any atom is -0.497 e. The van der Waals surface area contributed by atoms with E-state index in [1.54, 1.807) is 0 Å². The number of halogens is 4. The number of methoxy groups -OCH3 is 2. The molecule has 5 nitrogen and oxygen atoms in total. The average Bonchev–Trinajstić information content (AvgIpc) is 2.60. The second kappa shape index (κ2) is 8.43. The van der Waals surface area contributed by atoms with E-state index in [-0.39, 0.29) is 16.9 Å². The molecule has 0 saturated heterocycles. The molecule has 0 aliphatic heterocycles. The van der Waals surface area contributed by atoms with Crippen molar-refractivity contribution in [2.24, 2.45) is 0 Å². The second-order valence-corrected chi connectivity index (χ2v) is 6.29. The van der Waals surface area contributed by atoms with Crippen LogP contribution in [0.15, 0.2) is 40.9 Å². The number of benzene rings is 2. The Balaban J connectivity index is 2.19. The van der Waals surface area contributed by atoms with Crippen molar-refractivity contribution in [3.8, 4) is 5.75 Å². The van der Waals surface area contributed by atoms with Gasteiger partial charge in [-0.25, -0.2) is 4.79 Å². The lowest BCUT2D eigenvalue weighted by Crippen LogP contribution is -2.18. The van der Waals surface area contributed by atoms with Crippen LogP contribution in [-0.4, -0.2) is 26.1 Å². The van der Waals surface area contributed by atoms with Gasteiger partial charge in [0.05, 0.1) is 31.8 Å². The molecule has 0 atom stereocenters. The third-order valence-electron chi connectivity index (χ3n) is 3.63. The second-order valence-electron chi connectivity index (χ2n) is 5.43. The summed E-state index contributed by atoms with van der Waals surface area (Å²) in [6, 6.07) is 7.76. The smallest absolute Gasteiger partial charge is 0.416 e. The van der Waals surface area contributed by atoms with Crippen LogP contribution in [0.1, 0.15) is 21.5 Å². The van der Waals surface area contributed by atoms with Gasteiger partial charge in [0.15, 0.2) is 0 Å². The third-order valence-corrected chi connectivity index (χ3v) is 4.29. The molecular weight excluding hydrogens is 431 g/mol. The van der Waals surface area contributed by atoms with Gasteiger partial charge in [-0.1, -0.05) is 6.07 Å². The Hall–Kier alpha value is -2.55. The van der Waals surface area contributed by atoms with Crippen molar-refractivity contribution in [1.29, 1.82) is 0 Å². The highest BCUT2D eigenvalue weighted by Crippen LogP contribution is 2.34. The lowest BCUT2D eigenvalue weighted by molar-refractivity contribution is -0.138. The number of amides is 1. The molecule has 27 heavy (non-hydrogen) atoms. The zero-order valence-electron chi connectivity index (χ0n) is 14.3. The van der Waals surface area contributed by atoms with E-state index in [1.807, 2.05) is 0 Å². The van der Waals surface area contributed by atoms with Crippen molar-refractivity contribution in [3.63, 3.8) is 0 Å². The van der Waals surface area contributed by atoms with E-state index in [1.165, 1.54) is 44.6 Å². The molecule has 0 aliphatic carbocycles. The molecule has 0 heterocycles. The van der Waals surface area contributed by atoms with Gasteiger partial charge in [0.2, 0.25) is 5.91 Å². The molecule has 1 N–H and O–H groups in total. The number of esters is 1. The van der Waals surface area contributed by atoms with Crippen molar-refractivity contribution in [3.05, 3.63) is 57.6 Å². The zero-order valence-corrected chi connectivity index (χ0v) is 15.9. The first-order valence-electron chi connectivity index (χ1n) is 7.57. The molecule has 9 heteroatoms. The fraction of sp³-hybridized carbons (Fsp3) is 0.222. The zero-order chi connectivity index (χ0) is 20.2. The SMILES string of the molecule is COC(=O)c1ccc(NC(=O)Cc2ccc(OC)cc2C(F)(F)F)cc1Br. The molecule has 2 aromatic carbocycles. The van der Waals surface area contributed by atoms with Gasteiger partial charge in [0.25, 0.3) is 0 Å². The van der Waals surface area contributed by atoms with E-state index >= 15 is 0 Å². The normalized spacial score (nSPS) is 11.0. The van der Waals surface area contributed by atoms with Crippen LogP contribution >= 0.6 is 15.9 Å². The number of carbonyl (C=O) groups is 2. The summed E-state index contributed by atoms with van der Waals surface area (Å²) in [5.41, 5.74) is -0.531. The molecular formula is C18H15BrF3NO4. The summed E-state index contributed by atoms with van der Waals surface area (Å²) in [6.07, 6.45) is -5.09. The highest BCUT2D eigenvalue weighted by atomic mass is 79.9. The van der Waals surface area contributed by atoms with E-state index in [4.69, 9.17) is 4.74 Å². The van der Waals surface area contributed by atoms with Gasteiger partial charge < -0.3 is 14.8 Å². The highest BCUT2D eigenvalue weighted by Gasteiger charge is 2.34. The summed E-state index contributed by atoms with van der Waals surface area (Å²) in [4.78, 5) is 23.7. The first-order chi connectivity index (χ1) is 12.7. The Kier molecular flexibility index (Phi) is 6.48. The average molecular weight is 446 g/mol. The number of hydrogen-bond acceptors (Lipinski definition) is 4. The van der Waals surface area contributed by atoms with Crippen LogP contribution in [0.3, 0.4) is 0 Å². The first-order valence-corrected chi connectivity index (χ1v) is 8.37. The first kappa shape index (κ1) is 20.8. The number of ether oxygens (including phenoxy) is 2. The summed E-state index contributed by atoms with van der Waals surface area (Å²) in [7, 11) is 2.50. The molecule has 2 aromatic rings. The number of nitrogens with one attached hydrogen (secondary N) is 1. The Morgan fingerprint density at radius 3 is 2.37 bits per heavy atom. The largest absolute Gasteiger partial charge is 0.497 e. The maximum atomic E-state index is 13.2. The van der Waals surface area contributed by atoms with Gasteiger partial charge in [0.1, 0.15) is 5.75 Å². The summed E-state index contributed by atoms with van der Waals surface area (Å²) in [6.45, 7) is 0. The quantitative estimate of drug-likeness (QED) is 0.690. The van der Waals surface area contributed by atoms with E-state index in [0.717, 1.165) is 6.07 Å². The fourth-order valence-electron chi connectivity index (χ4n) is 2.35. The summed E-state index contributed by atoms with van der Waals surface area (Å²) in [5, 5.41) is 2.50. The monoisotopic (exact) mass is 445 g/mol. The van der Waals surface area contributed by atoms with Gasteiger partial charge in [-0.05, 0) is 51.8 Å². The maximum absolute atomic E-state index is 13.2. The van der Waals surface area contributed by atoms with Gasteiger partial charge in [-0.15, -0.1) is 0 Å². The minimum atomic E-state index is -4.62. The molecule has 1 amide bonds. The van der Waals surface area contributed by atoms with Gasteiger partial charge in [-0.2, -0.15) is 13.2 Å². The van der Waals surface area contributed by atoms with Crippen molar-refractivity contribution in [2.45, 2.75) is 12.6 Å². The topological polar surface area (TPSA) is 64.6 Å². The highest BCUT2D eigenvalue weighted by molar-refractivity contribution is 9.10. The number of carbonyl (C=O) groups excluding carboxylic acids is 2. The molecule has 144 valence electrons. The Morgan fingerprint density at radius 2 is 1.81 bits per heavy atom. The number of hydrogen-bond donors (Lipinski definition) is 1. The Labute approximate surface area is 161 Å². The number of anilines is 1. The predicted molar refractivity (Wildman–Crippen MR) is 95.8 cm³/mol. The molecule has 2 rings (SSSR count). The van der Waals surface area contributed by atoms with Crippen LogP contribution in [0.25, 0.3) is 0 Å². The molecule has 0 aromatic heterocycles. The fourth-order valence-corrected chi connectivity index (χ4v) is 2.89. The maximum Gasteiger partial charge on any atom is 0.416 e. The van der Waals surface area contributed by atoms with Gasteiger partial charge in [0, 0.05) is 10.2 Å². The Bertz CT molecular complexity index is 868. The lowest BCUT2D eigenvalue weighted by atomic mass is 10.0. The molecule has 0 spiro atoms. The third kappa shape index (κ3) is 5.22.